The van der Waals surface area contributed by atoms with Crippen LogP contribution in [0.1, 0.15) is 94.9 Å². The lowest BCUT2D eigenvalue weighted by atomic mass is 9.71. The standard InChI is InChI=1S/C53H72O11/c1-13-40(50(60)51(61)43(55)32-54)33-63-46(56)28-29-47(57)64-45-31-53(10,11)42(39(7)49(45)59)27-25-37(5)23-17-21-35(3)19-15-14-18-34(2)20-16-22-36(4)24-26-41-38(6)48(58)44(62-12)30-52(41,8)9/h13-27,40,43-45,50-51,54-55,60-61H,1,28-33H2,2-12H3/b15-14+,20-16+,21-17+,26-24+,27-25+,34-18+,35-19+,36-22+,37-23+. The van der Waals surface area contributed by atoms with Crippen LogP contribution in [0.4, 0.5) is 0 Å². The van der Waals surface area contributed by atoms with Crippen molar-refractivity contribution in [3.63, 3.8) is 0 Å². The number of methoxy groups -OCH3 is 1. The molecule has 0 bridgehead atoms. The third-order valence-electron chi connectivity index (χ3n) is 11.5. The average Bonchev–Trinajstić information content (AvgIpc) is 3.23. The third-order valence-corrected chi connectivity index (χ3v) is 11.5. The van der Waals surface area contributed by atoms with Gasteiger partial charge in [0.05, 0.1) is 25.6 Å². The number of hydrogen-bond donors (Lipinski definition) is 4. The second-order valence-electron chi connectivity index (χ2n) is 17.9. The number of Topliss-reactive ketones (excluding diaryl/α,β-unsaturated/α-hetero) is 2. The summed E-state index contributed by atoms with van der Waals surface area (Å²) in [7, 11) is 1.59. The Morgan fingerprint density at radius 1 is 0.688 bits per heavy atom. The molecule has 2 aliphatic carbocycles. The van der Waals surface area contributed by atoms with Crippen LogP contribution in [0, 0.1) is 16.7 Å². The largest absolute Gasteiger partial charge is 0.465 e. The second-order valence-corrected chi connectivity index (χ2v) is 17.9. The summed E-state index contributed by atoms with van der Waals surface area (Å²) in [6.45, 7) is 22.3. The number of ketones is 2. The number of allylic oxidation sites excluding steroid dienone is 20. The molecule has 0 aromatic carbocycles. The Morgan fingerprint density at radius 3 is 1.56 bits per heavy atom. The second kappa shape index (κ2) is 26.1. The fraction of sp³-hybridized carbons (Fsp3) is 0.472. The Morgan fingerprint density at radius 2 is 1.11 bits per heavy atom. The van der Waals surface area contributed by atoms with E-state index in [9.17, 15) is 34.5 Å². The highest BCUT2D eigenvalue weighted by molar-refractivity contribution is 6.02. The van der Waals surface area contributed by atoms with E-state index < -0.39 is 54.3 Å². The summed E-state index contributed by atoms with van der Waals surface area (Å²) in [5.41, 5.74) is 6.71. The maximum Gasteiger partial charge on any atom is 0.307 e. The van der Waals surface area contributed by atoms with Crippen LogP contribution in [0.3, 0.4) is 0 Å². The predicted molar refractivity (Wildman–Crippen MR) is 253 cm³/mol. The van der Waals surface area contributed by atoms with Gasteiger partial charge in [0.25, 0.3) is 0 Å². The molecule has 2 aliphatic rings. The Bertz CT molecular complexity index is 2040. The van der Waals surface area contributed by atoms with E-state index in [-0.39, 0.29) is 49.0 Å². The molecular weight excluding hydrogens is 813 g/mol. The van der Waals surface area contributed by atoms with Gasteiger partial charge in [-0.15, -0.1) is 6.58 Å². The van der Waals surface area contributed by atoms with Gasteiger partial charge in [-0.25, -0.2) is 0 Å². The molecule has 0 spiro atoms. The van der Waals surface area contributed by atoms with Crippen LogP contribution in [-0.4, -0.2) is 94.8 Å². The maximum atomic E-state index is 13.3. The number of rotatable bonds is 22. The zero-order valence-electron chi connectivity index (χ0n) is 39.7. The minimum atomic E-state index is -1.69. The summed E-state index contributed by atoms with van der Waals surface area (Å²) in [5, 5.41) is 38.7. The molecule has 0 radical (unpaired) electrons. The van der Waals surface area contributed by atoms with Crippen LogP contribution in [0.25, 0.3) is 0 Å². The molecule has 0 aliphatic heterocycles. The molecular formula is C53H72O11. The number of carbonyl (C=O) groups is 4. The van der Waals surface area contributed by atoms with E-state index in [4.69, 9.17) is 19.3 Å². The van der Waals surface area contributed by atoms with Crippen LogP contribution in [0.2, 0.25) is 0 Å². The molecule has 0 aromatic heterocycles. The number of hydrogen-bond acceptors (Lipinski definition) is 11. The normalized spacial score (nSPS) is 22.4. The number of aliphatic hydroxyl groups excluding tert-OH is 4. The van der Waals surface area contributed by atoms with Gasteiger partial charge >= 0.3 is 11.9 Å². The first-order valence-corrected chi connectivity index (χ1v) is 21.7. The van der Waals surface area contributed by atoms with Crippen molar-refractivity contribution in [2.24, 2.45) is 16.7 Å². The van der Waals surface area contributed by atoms with Crippen LogP contribution in [0.5, 0.6) is 0 Å². The molecule has 0 saturated carbocycles. The SMILES string of the molecule is C=CC(COC(=O)CCC(=O)OC1CC(C)(C)C(/C=C/C(C)=C/C=C/C(C)=C/C=C/C=C(C)/C=C/C=C(C)/C=C/C2=C(C)C(=O)C(OC)CC2(C)C)=C(C)C1=O)C(O)C(O)C(O)CO. The van der Waals surface area contributed by atoms with E-state index in [1.807, 2.05) is 121 Å². The number of esters is 2. The minimum Gasteiger partial charge on any atom is -0.465 e. The van der Waals surface area contributed by atoms with Crippen molar-refractivity contribution < 1.29 is 53.8 Å². The van der Waals surface area contributed by atoms with Gasteiger partial charge in [-0.2, -0.15) is 0 Å². The predicted octanol–water partition coefficient (Wildman–Crippen LogP) is 8.31. The first-order valence-electron chi connectivity index (χ1n) is 21.7. The van der Waals surface area contributed by atoms with Crippen molar-refractivity contribution in [1.82, 2.24) is 0 Å². The highest BCUT2D eigenvalue weighted by Gasteiger charge is 2.40. The molecule has 11 heteroatoms. The molecule has 350 valence electrons. The molecule has 2 rings (SSSR count). The first-order chi connectivity index (χ1) is 30.0. The zero-order valence-corrected chi connectivity index (χ0v) is 39.7. The van der Waals surface area contributed by atoms with E-state index in [1.165, 1.54) is 6.08 Å². The first kappa shape index (κ1) is 55.1. The van der Waals surface area contributed by atoms with E-state index in [2.05, 4.69) is 32.6 Å². The Balaban J connectivity index is 1.93. The number of aliphatic hydroxyl groups is 4. The number of ether oxygens (including phenoxy) is 3. The maximum absolute atomic E-state index is 13.3. The topological polar surface area (TPSA) is 177 Å². The van der Waals surface area contributed by atoms with Crippen molar-refractivity contribution in [2.75, 3.05) is 20.3 Å². The van der Waals surface area contributed by atoms with Crippen LogP contribution in [0.15, 0.2) is 142 Å². The van der Waals surface area contributed by atoms with Crippen LogP contribution < -0.4 is 0 Å². The van der Waals surface area contributed by atoms with E-state index in [0.717, 1.165) is 39.0 Å². The lowest BCUT2D eigenvalue weighted by molar-refractivity contribution is -0.159. The highest BCUT2D eigenvalue weighted by Crippen LogP contribution is 2.42. The molecule has 0 saturated heterocycles. The molecule has 4 N–H and O–H groups in total. The molecule has 6 atom stereocenters. The monoisotopic (exact) mass is 885 g/mol. The third kappa shape index (κ3) is 17.2. The highest BCUT2D eigenvalue weighted by atomic mass is 16.6. The fourth-order valence-electron chi connectivity index (χ4n) is 7.43. The summed E-state index contributed by atoms with van der Waals surface area (Å²) in [6.07, 6.45) is 23.4. The molecule has 0 aromatic rings. The van der Waals surface area contributed by atoms with Crippen LogP contribution >= 0.6 is 0 Å². The number of carbonyl (C=O) groups excluding carboxylic acids is 4. The van der Waals surface area contributed by atoms with Gasteiger partial charge in [0.2, 0.25) is 0 Å². The smallest absolute Gasteiger partial charge is 0.307 e. The van der Waals surface area contributed by atoms with E-state index in [0.29, 0.717) is 12.0 Å². The Hall–Kier alpha value is -5.04. The minimum absolute atomic E-state index is 0.0589. The summed E-state index contributed by atoms with van der Waals surface area (Å²) in [6, 6.07) is 0. The Labute approximate surface area is 381 Å². The van der Waals surface area contributed by atoms with Gasteiger partial charge in [-0.05, 0) is 81.1 Å². The zero-order chi connectivity index (χ0) is 48.4. The molecule has 0 fully saturated rings. The lowest BCUT2D eigenvalue weighted by Crippen LogP contribution is -2.44. The summed E-state index contributed by atoms with van der Waals surface area (Å²) < 4.78 is 16.0. The lowest BCUT2D eigenvalue weighted by Gasteiger charge is -2.36. The van der Waals surface area contributed by atoms with Crippen molar-refractivity contribution in [1.29, 1.82) is 0 Å². The van der Waals surface area contributed by atoms with Crippen LogP contribution in [-0.2, 0) is 33.4 Å². The van der Waals surface area contributed by atoms with Crippen molar-refractivity contribution in [3.8, 4) is 0 Å². The molecule has 0 heterocycles. The van der Waals surface area contributed by atoms with Gasteiger partial charge in [0.1, 0.15) is 24.9 Å². The van der Waals surface area contributed by atoms with Gasteiger partial charge < -0.3 is 34.6 Å². The van der Waals surface area contributed by atoms with Gasteiger partial charge in [-0.1, -0.05) is 141 Å². The van der Waals surface area contributed by atoms with E-state index in [1.54, 1.807) is 14.0 Å². The van der Waals surface area contributed by atoms with Crippen molar-refractivity contribution >= 4 is 23.5 Å². The van der Waals surface area contributed by atoms with Crippen molar-refractivity contribution in [3.05, 3.63) is 142 Å². The summed E-state index contributed by atoms with van der Waals surface area (Å²) >= 11 is 0. The Kier molecular flexibility index (Phi) is 22.4. The average molecular weight is 885 g/mol. The van der Waals surface area contributed by atoms with Crippen molar-refractivity contribution in [2.45, 2.75) is 125 Å². The summed E-state index contributed by atoms with van der Waals surface area (Å²) in [4.78, 5) is 51.0. The molecule has 6 unspecified atom stereocenters. The quantitative estimate of drug-likeness (QED) is 0.0467. The summed E-state index contributed by atoms with van der Waals surface area (Å²) in [5.74, 6) is -2.68. The molecule has 64 heavy (non-hydrogen) atoms. The van der Waals surface area contributed by atoms with Gasteiger partial charge in [0, 0.05) is 19.4 Å². The van der Waals surface area contributed by atoms with E-state index >= 15 is 0 Å². The molecule has 11 nitrogen and oxygen atoms in total. The van der Waals surface area contributed by atoms with Gasteiger partial charge in [0.15, 0.2) is 17.7 Å². The fourth-order valence-corrected chi connectivity index (χ4v) is 7.43. The molecule has 0 amide bonds. The van der Waals surface area contributed by atoms with Gasteiger partial charge in [-0.3, -0.25) is 19.2 Å².